The number of nitrogens with zero attached hydrogens (tertiary/aromatic N) is 4. The quantitative estimate of drug-likeness (QED) is 0.338. The molecule has 1 saturated heterocycles. The van der Waals surface area contributed by atoms with Gasteiger partial charge in [-0.25, -0.2) is 0 Å². The van der Waals surface area contributed by atoms with Crippen molar-refractivity contribution in [2.45, 2.75) is 40.5 Å². The molecule has 1 heterocycles. The molecule has 1 amide bonds. The van der Waals surface area contributed by atoms with Crippen LogP contribution >= 0.6 is 24.0 Å². The third kappa shape index (κ3) is 9.08. The molecule has 0 radical (unpaired) electrons. The van der Waals surface area contributed by atoms with Gasteiger partial charge in [0, 0.05) is 33.2 Å². The second-order valence-electron chi connectivity index (χ2n) is 6.68. The van der Waals surface area contributed by atoms with E-state index in [9.17, 15) is 4.79 Å². The molecule has 0 bridgehead atoms. The van der Waals surface area contributed by atoms with Crippen molar-refractivity contribution in [2.24, 2.45) is 10.9 Å². The monoisotopic (exact) mass is 467 g/mol. The van der Waals surface area contributed by atoms with Gasteiger partial charge in [-0.15, -0.1) is 24.0 Å². The van der Waals surface area contributed by atoms with Gasteiger partial charge in [0.1, 0.15) is 0 Å². The molecule has 1 N–H and O–H groups in total. The number of guanidine groups is 1. The number of likely N-dealkylation sites (tertiary alicyclic amines) is 1. The maximum atomic E-state index is 12.3. The summed E-state index contributed by atoms with van der Waals surface area (Å²) in [4.78, 5) is 23.3. The van der Waals surface area contributed by atoms with Crippen LogP contribution in [0.3, 0.4) is 0 Å². The number of hydrogen-bond donors (Lipinski definition) is 1. The molecule has 0 saturated carbocycles. The fourth-order valence-corrected chi connectivity index (χ4v) is 3.01. The summed E-state index contributed by atoms with van der Waals surface area (Å²) >= 11 is 0. The number of piperidine rings is 1. The highest BCUT2D eigenvalue weighted by atomic mass is 127. The minimum Gasteiger partial charge on any atom is -0.357 e. The van der Waals surface area contributed by atoms with E-state index < -0.39 is 0 Å². The van der Waals surface area contributed by atoms with E-state index >= 15 is 0 Å². The lowest BCUT2D eigenvalue weighted by Crippen LogP contribution is -2.46. The number of hydrogen-bond acceptors (Lipinski definition) is 3. The Hall–Kier alpha value is -0.570. The van der Waals surface area contributed by atoms with Crippen molar-refractivity contribution in [3.63, 3.8) is 0 Å². The van der Waals surface area contributed by atoms with E-state index in [1.54, 1.807) is 0 Å². The summed E-state index contributed by atoms with van der Waals surface area (Å²) < 4.78 is 0. The first-order valence-corrected chi connectivity index (χ1v) is 9.51. The number of amides is 1. The fourth-order valence-electron chi connectivity index (χ4n) is 3.01. The Labute approximate surface area is 171 Å². The molecule has 0 unspecified atom stereocenters. The van der Waals surface area contributed by atoms with E-state index in [0.717, 1.165) is 44.6 Å². The SMILES string of the molecule is CCNC(=NCCN1CCC(C)CC1)N(C)CC(=O)N(CC)CC.I. The Morgan fingerprint density at radius 2 is 1.80 bits per heavy atom. The Bertz CT molecular complexity index is 393. The Kier molecular flexibility index (Phi) is 13.3. The summed E-state index contributed by atoms with van der Waals surface area (Å²) in [7, 11) is 1.94. The maximum Gasteiger partial charge on any atom is 0.242 e. The van der Waals surface area contributed by atoms with Gasteiger partial charge in [-0.05, 0) is 52.6 Å². The van der Waals surface area contributed by atoms with Crippen molar-refractivity contribution in [3.8, 4) is 0 Å². The van der Waals surface area contributed by atoms with Gasteiger partial charge in [0.25, 0.3) is 0 Å². The van der Waals surface area contributed by atoms with Crippen LogP contribution < -0.4 is 5.32 Å². The molecule has 7 heteroatoms. The van der Waals surface area contributed by atoms with Gasteiger partial charge < -0.3 is 20.0 Å². The van der Waals surface area contributed by atoms with Gasteiger partial charge in [0.2, 0.25) is 5.91 Å². The number of carbonyl (C=O) groups is 1. The molecule has 0 aromatic rings. The number of halogens is 1. The molecule has 0 atom stereocenters. The molecule has 25 heavy (non-hydrogen) atoms. The zero-order valence-electron chi connectivity index (χ0n) is 16.8. The second-order valence-corrected chi connectivity index (χ2v) is 6.68. The summed E-state index contributed by atoms with van der Waals surface area (Å²) in [5.74, 6) is 1.83. The molecule has 148 valence electrons. The standard InChI is InChI=1S/C18H37N5O.HI/c1-6-19-18(21(5)15-17(24)23(7-2)8-3)20-11-14-22-12-9-16(4)10-13-22;/h16H,6-15H2,1-5H3,(H,19,20);1H. The average Bonchev–Trinajstić information content (AvgIpc) is 2.56. The molecule has 0 spiro atoms. The first kappa shape index (κ1) is 24.4. The van der Waals surface area contributed by atoms with Crippen molar-refractivity contribution >= 4 is 35.8 Å². The summed E-state index contributed by atoms with van der Waals surface area (Å²) in [6.07, 6.45) is 2.59. The predicted molar refractivity (Wildman–Crippen MR) is 117 cm³/mol. The normalized spacial score (nSPS) is 16.3. The third-order valence-electron chi connectivity index (χ3n) is 4.74. The van der Waals surface area contributed by atoms with E-state index in [0.29, 0.717) is 6.54 Å². The maximum absolute atomic E-state index is 12.3. The summed E-state index contributed by atoms with van der Waals surface area (Å²) in [6.45, 7) is 15.3. The molecule has 0 aliphatic carbocycles. The van der Waals surface area contributed by atoms with E-state index in [4.69, 9.17) is 4.99 Å². The Morgan fingerprint density at radius 1 is 1.20 bits per heavy atom. The molecule has 1 rings (SSSR count). The van der Waals surface area contributed by atoms with Gasteiger partial charge >= 0.3 is 0 Å². The molecule has 1 aliphatic heterocycles. The predicted octanol–water partition coefficient (Wildman–Crippen LogP) is 2.10. The van der Waals surface area contributed by atoms with Crippen LogP contribution in [-0.2, 0) is 4.79 Å². The van der Waals surface area contributed by atoms with Crippen molar-refractivity contribution in [3.05, 3.63) is 0 Å². The minimum absolute atomic E-state index is 0. The molecule has 0 aromatic carbocycles. The van der Waals surface area contributed by atoms with E-state index in [1.807, 2.05) is 30.7 Å². The Balaban J connectivity index is 0.00000576. The van der Waals surface area contributed by atoms with Gasteiger partial charge in [-0.3, -0.25) is 9.79 Å². The number of rotatable bonds is 8. The van der Waals surface area contributed by atoms with Crippen LogP contribution in [0, 0.1) is 5.92 Å². The third-order valence-corrected chi connectivity index (χ3v) is 4.74. The van der Waals surface area contributed by atoms with Crippen LogP contribution in [0.1, 0.15) is 40.5 Å². The molecular weight excluding hydrogens is 429 g/mol. The van der Waals surface area contributed by atoms with Crippen LogP contribution in [0.15, 0.2) is 4.99 Å². The zero-order chi connectivity index (χ0) is 17.9. The lowest BCUT2D eigenvalue weighted by molar-refractivity contribution is -0.131. The molecule has 6 nitrogen and oxygen atoms in total. The second kappa shape index (κ2) is 13.6. The average molecular weight is 467 g/mol. The lowest BCUT2D eigenvalue weighted by Gasteiger charge is -2.30. The summed E-state index contributed by atoms with van der Waals surface area (Å²) in [5, 5.41) is 3.29. The molecular formula is C18H38IN5O. The van der Waals surface area contributed by atoms with Crippen molar-refractivity contribution in [2.75, 3.05) is 59.4 Å². The largest absolute Gasteiger partial charge is 0.357 e. The van der Waals surface area contributed by atoms with Crippen LogP contribution in [0.2, 0.25) is 0 Å². The summed E-state index contributed by atoms with van der Waals surface area (Å²) in [6, 6.07) is 0. The molecule has 1 fully saturated rings. The first-order chi connectivity index (χ1) is 11.5. The molecule has 1 aliphatic rings. The zero-order valence-corrected chi connectivity index (χ0v) is 19.1. The topological polar surface area (TPSA) is 51.2 Å². The van der Waals surface area contributed by atoms with Crippen molar-refractivity contribution < 1.29 is 4.79 Å². The number of carbonyl (C=O) groups excluding carboxylic acids is 1. The lowest BCUT2D eigenvalue weighted by atomic mass is 9.99. The fraction of sp³-hybridized carbons (Fsp3) is 0.889. The van der Waals surface area contributed by atoms with Crippen LogP contribution in [0.25, 0.3) is 0 Å². The summed E-state index contributed by atoms with van der Waals surface area (Å²) in [5.41, 5.74) is 0. The van der Waals surface area contributed by atoms with E-state index in [-0.39, 0.29) is 29.9 Å². The highest BCUT2D eigenvalue weighted by Gasteiger charge is 2.16. The van der Waals surface area contributed by atoms with Gasteiger partial charge in [0.15, 0.2) is 5.96 Å². The van der Waals surface area contributed by atoms with Gasteiger partial charge in [0.05, 0.1) is 13.1 Å². The smallest absolute Gasteiger partial charge is 0.242 e. The van der Waals surface area contributed by atoms with Crippen LogP contribution in [-0.4, -0.2) is 86.0 Å². The number of nitrogens with one attached hydrogen (secondary N) is 1. The first-order valence-electron chi connectivity index (χ1n) is 9.51. The molecule has 0 aromatic heterocycles. The van der Waals surface area contributed by atoms with Gasteiger partial charge in [-0.1, -0.05) is 6.92 Å². The van der Waals surface area contributed by atoms with E-state index in [2.05, 4.69) is 24.1 Å². The van der Waals surface area contributed by atoms with E-state index in [1.165, 1.54) is 25.9 Å². The van der Waals surface area contributed by atoms with Crippen LogP contribution in [0.5, 0.6) is 0 Å². The minimum atomic E-state index is 0. The highest BCUT2D eigenvalue weighted by Crippen LogP contribution is 2.15. The number of aliphatic imine (C=N–C) groups is 1. The van der Waals surface area contributed by atoms with Crippen molar-refractivity contribution in [1.82, 2.24) is 20.0 Å². The number of likely N-dealkylation sites (N-methyl/N-ethyl adjacent to an activating group) is 2. The van der Waals surface area contributed by atoms with Gasteiger partial charge in [-0.2, -0.15) is 0 Å². The van der Waals surface area contributed by atoms with Crippen LogP contribution in [0.4, 0.5) is 0 Å². The van der Waals surface area contributed by atoms with Crippen molar-refractivity contribution in [1.29, 1.82) is 0 Å². The Morgan fingerprint density at radius 3 is 2.32 bits per heavy atom. The highest BCUT2D eigenvalue weighted by molar-refractivity contribution is 14.0.